The lowest BCUT2D eigenvalue weighted by atomic mass is 9.83. The van der Waals surface area contributed by atoms with E-state index < -0.39 is 5.41 Å². The monoisotopic (exact) mass is 344 g/mol. The predicted octanol–water partition coefficient (Wildman–Crippen LogP) is 2.98. The molecule has 21 heavy (non-hydrogen) atoms. The van der Waals surface area contributed by atoms with Crippen molar-refractivity contribution in [2.75, 3.05) is 11.4 Å². The highest BCUT2D eigenvalue weighted by molar-refractivity contribution is 9.10. The van der Waals surface area contributed by atoms with Gasteiger partial charge in [0.1, 0.15) is 11.1 Å². The minimum Gasteiger partial charge on any atom is -0.344 e. The van der Waals surface area contributed by atoms with Crippen LogP contribution in [0.5, 0.6) is 0 Å². The lowest BCUT2D eigenvalue weighted by Crippen LogP contribution is -2.35. The number of hydrogen-bond donors (Lipinski definition) is 1. The van der Waals surface area contributed by atoms with Gasteiger partial charge in [0, 0.05) is 28.8 Å². The number of anilines is 1. The Balaban J connectivity index is 1.78. The van der Waals surface area contributed by atoms with E-state index in [1.54, 1.807) is 11.1 Å². The fourth-order valence-corrected chi connectivity index (χ4v) is 3.64. The van der Waals surface area contributed by atoms with Gasteiger partial charge in [-0.05, 0) is 47.2 Å². The zero-order chi connectivity index (χ0) is 14.6. The van der Waals surface area contributed by atoms with Gasteiger partial charge >= 0.3 is 0 Å². The van der Waals surface area contributed by atoms with Gasteiger partial charge < -0.3 is 9.88 Å². The van der Waals surface area contributed by atoms with Crippen molar-refractivity contribution < 1.29 is 4.79 Å². The molecule has 1 saturated heterocycles. The van der Waals surface area contributed by atoms with E-state index in [9.17, 15) is 10.1 Å². The summed E-state index contributed by atoms with van der Waals surface area (Å²) in [6, 6.07) is 4.26. The summed E-state index contributed by atoms with van der Waals surface area (Å²) < 4.78 is 0.872. The van der Waals surface area contributed by atoms with Gasteiger partial charge in [-0.1, -0.05) is 0 Å². The maximum Gasteiger partial charge on any atom is 0.247 e. The van der Waals surface area contributed by atoms with Crippen molar-refractivity contribution in [3.63, 3.8) is 0 Å². The Kier molecular flexibility index (Phi) is 2.64. The molecule has 0 spiro atoms. The number of aromatic nitrogens is 2. The molecule has 4 rings (SSSR count). The SMILES string of the molecule is N#C[C@@]1(C2CC2)CCN(c2c[nH]c3ncc(Br)cc23)C1=O. The molecule has 3 heterocycles. The quantitative estimate of drug-likeness (QED) is 0.909. The molecular weight excluding hydrogens is 332 g/mol. The van der Waals surface area contributed by atoms with Crippen molar-refractivity contribution in [1.82, 2.24) is 9.97 Å². The van der Waals surface area contributed by atoms with E-state index >= 15 is 0 Å². The fraction of sp³-hybridized carbons (Fsp3) is 0.400. The van der Waals surface area contributed by atoms with Crippen molar-refractivity contribution in [1.29, 1.82) is 5.26 Å². The normalized spacial score (nSPS) is 25.5. The van der Waals surface area contributed by atoms with Crippen LogP contribution in [0.1, 0.15) is 19.3 Å². The zero-order valence-electron chi connectivity index (χ0n) is 11.3. The van der Waals surface area contributed by atoms with E-state index in [0.29, 0.717) is 13.0 Å². The minimum absolute atomic E-state index is 0.0478. The first-order chi connectivity index (χ1) is 10.2. The van der Waals surface area contributed by atoms with Crippen molar-refractivity contribution in [2.24, 2.45) is 11.3 Å². The minimum atomic E-state index is -0.803. The number of halogens is 1. The third kappa shape index (κ3) is 1.74. The number of carbonyl (C=O) groups is 1. The molecule has 0 bridgehead atoms. The van der Waals surface area contributed by atoms with Crippen molar-refractivity contribution >= 4 is 38.6 Å². The summed E-state index contributed by atoms with van der Waals surface area (Å²) in [6.07, 6.45) is 6.14. The van der Waals surface area contributed by atoms with E-state index in [4.69, 9.17) is 0 Å². The number of hydrogen-bond acceptors (Lipinski definition) is 3. The highest BCUT2D eigenvalue weighted by atomic mass is 79.9. The number of carbonyl (C=O) groups excluding carboxylic acids is 1. The highest BCUT2D eigenvalue weighted by Crippen LogP contribution is 2.52. The molecule has 2 aromatic rings. The van der Waals surface area contributed by atoms with Crippen LogP contribution in [0, 0.1) is 22.7 Å². The molecule has 1 N–H and O–H groups in total. The number of amides is 1. The summed E-state index contributed by atoms with van der Waals surface area (Å²) in [7, 11) is 0. The molecule has 2 fully saturated rings. The van der Waals surface area contributed by atoms with E-state index in [-0.39, 0.29) is 11.8 Å². The van der Waals surface area contributed by atoms with Crippen LogP contribution in [0.25, 0.3) is 11.0 Å². The Labute approximate surface area is 130 Å². The van der Waals surface area contributed by atoms with Crippen molar-refractivity contribution in [3.05, 3.63) is 22.9 Å². The molecule has 0 unspecified atom stereocenters. The Morgan fingerprint density at radius 2 is 2.33 bits per heavy atom. The second kappa shape index (κ2) is 4.31. The standard InChI is InChI=1S/C15H13BrN4O/c16-10-5-11-12(7-19-13(11)18-6-10)20-4-3-15(8-17,14(20)21)9-1-2-9/h5-7,9H,1-4H2,(H,18,19)/t15-/m1/s1. The number of rotatable bonds is 2. The number of nitriles is 1. The first-order valence-electron chi connectivity index (χ1n) is 7.01. The van der Waals surface area contributed by atoms with Gasteiger partial charge in [0.2, 0.25) is 5.91 Å². The van der Waals surface area contributed by atoms with Crippen LogP contribution in [-0.2, 0) is 4.79 Å². The number of pyridine rings is 1. The zero-order valence-corrected chi connectivity index (χ0v) is 12.9. The number of fused-ring (bicyclic) bond motifs is 1. The Morgan fingerprint density at radius 3 is 3.05 bits per heavy atom. The summed E-state index contributed by atoms with van der Waals surface area (Å²) in [5.74, 6) is 0.198. The molecule has 1 amide bonds. The topological polar surface area (TPSA) is 72.8 Å². The van der Waals surface area contributed by atoms with Crippen molar-refractivity contribution in [2.45, 2.75) is 19.3 Å². The summed E-state index contributed by atoms with van der Waals surface area (Å²) in [5, 5.41) is 10.4. The second-order valence-corrected chi connectivity index (χ2v) is 6.70. The van der Waals surface area contributed by atoms with Gasteiger partial charge in [-0.25, -0.2) is 4.98 Å². The van der Waals surface area contributed by atoms with Gasteiger partial charge in [-0.15, -0.1) is 0 Å². The molecule has 1 aliphatic carbocycles. The number of aromatic amines is 1. The average Bonchev–Trinajstić information content (AvgIpc) is 3.18. The van der Waals surface area contributed by atoms with Crippen LogP contribution in [0.3, 0.4) is 0 Å². The maximum atomic E-state index is 12.8. The van der Waals surface area contributed by atoms with Crippen LogP contribution < -0.4 is 4.90 Å². The average molecular weight is 345 g/mol. The predicted molar refractivity (Wildman–Crippen MR) is 81.5 cm³/mol. The third-order valence-electron chi connectivity index (χ3n) is 4.60. The summed E-state index contributed by atoms with van der Waals surface area (Å²) in [4.78, 5) is 22.0. The van der Waals surface area contributed by atoms with Gasteiger partial charge in [-0.2, -0.15) is 5.26 Å². The van der Waals surface area contributed by atoms with E-state index in [1.807, 2.05) is 12.3 Å². The second-order valence-electron chi connectivity index (χ2n) is 5.79. The lowest BCUT2D eigenvalue weighted by molar-refractivity contribution is -0.123. The van der Waals surface area contributed by atoms with Gasteiger partial charge in [0.25, 0.3) is 0 Å². The van der Waals surface area contributed by atoms with Crippen LogP contribution in [0.4, 0.5) is 5.69 Å². The molecular formula is C15H13BrN4O. The third-order valence-corrected chi connectivity index (χ3v) is 5.03. The van der Waals surface area contributed by atoms with Gasteiger partial charge in [0.05, 0.1) is 11.8 Å². The summed E-state index contributed by atoms with van der Waals surface area (Å²) in [6.45, 7) is 0.600. The number of nitrogens with zero attached hydrogens (tertiary/aromatic N) is 3. The first-order valence-corrected chi connectivity index (χ1v) is 7.81. The molecule has 0 aromatic carbocycles. The summed E-state index contributed by atoms with van der Waals surface area (Å²) in [5.41, 5.74) is 0.770. The van der Waals surface area contributed by atoms with Crippen LogP contribution in [0.2, 0.25) is 0 Å². The summed E-state index contributed by atoms with van der Waals surface area (Å²) >= 11 is 3.41. The number of nitrogens with one attached hydrogen (secondary N) is 1. The van der Waals surface area contributed by atoms with Crippen LogP contribution in [-0.4, -0.2) is 22.4 Å². The van der Waals surface area contributed by atoms with Crippen LogP contribution in [0.15, 0.2) is 22.9 Å². The largest absolute Gasteiger partial charge is 0.344 e. The van der Waals surface area contributed by atoms with Gasteiger partial charge in [-0.3, -0.25) is 4.79 Å². The van der Waals surface area contributed by atoms with Crippen molar-refractivity contribution in [3.8, 4) is 6.07 Å². The molecule has 1 aliphatic heterocycles. The Morgan fingerprint density at radius 1 is 1.52 bits per heavy atom. The Bertz CT molecular complexity index is 789. The highest BCUT2D eigenvalue weighted by Gasteiger charge is 2.57. The molecule has 6 heteroatoms. The molecule has 0 radical (unpaired) electrons. The molecule has 2 aliphatic rings. The fourth-order valence-electron chi connectivity index (χ4n) is 3.30. The molecule has 5 nitrogen and oxygen atoms in total. The molecule has 1 saturated carbocycles. The molecule has 106 valence electrons. The molecule has 2 aromatic heterocycles. The van der Waals surface area contributed by atoms with E-state index in [2.05, 4.69) is 32.0 Å². The van der Waals surface area contributed by atoms with Crippen LogP contribution >= 0.6 is 15.9 Å². The number of H-pyrrole nitrogens is 1. The maximum absolute atomic E-state index is 12.8. The van der Waals surface area contributed by atoms with E-state index in [1.165, 1.54) is 0 Å². The van der Waals surface area contributed by atoms with E-state index in [0.717, 1.165) is 34.0 Å². The van der Waals surface area contributed by atoms with Gasteiger partial charge in [0.15, 0.2) is 0 Å². The molecule has 1 atom stereocenters. The lowest BCUT2D eigenvalue weighted by Gasteiger charge is -2.20. The Hall–Kier alpha value is -1.87. The smallest absolute Gasteiger partial charge is 0.247 e. The first kappa shape index (κ1) is 12.8.